The zero-order chi connectivity index (χ0) is 17.1. The fraction of sp³-hybridized carbons (Fsp3) is 0.625. The highest BCUT2D eigenvalue weighted by atomic mass is 32.3. The van der Waals surface area contributed by atoms with Crippen molar-refractivity contribution in [3.63, 3.8) is 0 Å². The van der Waals surface area contributed by atoms with Crippen LogP contribution in [0.15, 0.2) is 24.3 Å². The molecule has 0 radical (unpaired) electrons. The van der Waals surface area contributed by atoms with Gasteiger partial charge in [-0.05, 0) is 44.6 Å². The third kappa shape index (κ3) is 5.16. The topological polar surface area (TPSA) is 66.8 Å². The van der Waals surface area contributed by atoms with Crippen molar-refractivity contribution in [2.24, 2.45) is 0 Å². The summed E-state index contributed by atoms with van der Waals surface area (Å²) in [6.45, 7) is 0.679. The number of nitrogens with zero attached hydrogens (tertiary/aromatic N) is 1. The second-order valence-corrected chi connectivity index (χ2v) is 7.48. The summed E-state index contributed by atoms with van der Waals surface area (Å²) in [5.41, 5.74) is 0.128. The minimum atomic E-state index is -5.02. The van der Waals surface area contributed by atoms with Crippen molar-refractivity contribution in [2.75, 3.05) is 20.6 Å². The van der Waals surface area contributed by atoms with Crippen molar-refractivity contribution in [3.8, 4) is 5.75 Å². The van der Waals surface area contributed by atoms with E-state index in [0.717, 1.165) is 37.7 Å². The van der Waals surface area contributed by atoms with Crippen LogP contribution in [0.25, 0.3) is 0 Å². The lowest BCUT2D eigenvalue weighted by Gasteiger charge is -2.40. The van der Waals surface area contributed by atoms with Crippen LogP contribution in [0.1, 0.15) is 43.6 Å². The number of benzene rings is 1. The fourth-order valence-electron chi connectivity index (χ4n) is 3.33. The van der Waals surface area contributed by atoms with E-state index in [4.69, 9.17) is 0 Å². The van der Waals surface area contributed by atoms with Gasteiger partial charge in [0.2, 0.25) is 0 Å². The molecule has 0 aliphatic heterocycles. The Morgan fingerprint density at radius 2 is 1.78 bits per heavy atom. The van der Waals surface area contributed by atoms with Gasteiger partial charge >= 0.3 is 10.5 Å². The molecule has 2 rings (SSSR count). The summed E-state index contributed by atoms with van der Waals surface area (Å²) >= 11 is 0. The van der Waals surface area contributed by atoms with Crippen LogP contribution in [0, 0.1) is 0 Å². The molecule has 1 aliphatic carbocycles. The van der Waals surface area contributed by atoms with Crippen molar-refractivity contribution >= 4 is 10.5 Å². The average Bonchev–Trinajstić information content (AvgIpc) is 2.45. The van der Waals surface area contributed by atoms with Crippen LogP contribution in [-0.4, -0.2) is 44.7 Å². The van der Waals surface area contributed by atoms with Crippen molar-refractivity contribution < 1.29 is 21.6 Å². The van der Waals surface area contributed by atoms with Crippen LogP contribution in [0.5, 0.6) is 5.75 Å². The highest BCUT2D eigenvalue weighted by Gasteiger charge is 2.38. The van der Waals surface area contributed by atoms with Gasteiger partial charge in [0.15, 0.2) is 0 Å². The molecule has 1 unspecified atom stereocenters. The molecule has 1 aromatic rings. The lowest BCUT2D eigenvalue weighted by molar-refractivity contribution is -0.0277. The number of hydrogen-bond donors (Lipinski definition) is 1. The smallest absolute Gasteiger partial charge is 0.389 e. The average molecular weight is 345 g/mol. The van der Waals surface area contributed by atoms with Gasteiger partial charge in [0.05, 0.1) is 5.60 Å². The first-order valence-corrected chi connectivity index (χ1v) is 9.12. The summed E-state index contributed by atoms with van der Waals surface area (Å²) < 4.78 is 37.8. The molecule has 1 aliphatic rings. The van der Waals surface area contributed by atoms with Gasteiger partial charge in [-0.25, -0.2) is 0 Å². The van der Waals surface area contributed by atoms with Crippen molar-refractivity contribution in [1.82, 2.24) is 4.90 Å². The van der Waals surface area contributed by atoms with Gasteiger partial charge in [-0.2, -0.15) is 8.42 Å². The molecule has 1 fully saturated rings. The number of rotatable bonds is 6. The highest BCUT2D eigenvalue weighted by Crippen LogP contribution is 2.40. The lowest BCUT2D eigenvalue weighted by Crippen LogP contribution is -2.42. The largest absolute Gasteiger partial charge is 0.488 e. The predicted molar refractivity (Wildman–Crippen MR) is 86.4 cm³/mol. The van der Waals surface area contributed by atoms with E-state index in [2.05, 4.69) is 4.18 Å². The second kappa shape index (κ2) is 7.15. The monoisotopic (exact) mass is 345 g/mol. The summed E-state index contributed by atoms with van der Waals surface area (Å²) in [5, 5.41) is 11.1. The maximum Gasteiger partial charge on any atom is 0.488 e. The first-order valence-electron chi connectivity index (χ1n) is 7.81. The molecule has 5 nitrogen and oxygen atoms in total. The van der Waals surface area contributed by atoms with Crippen LogP contribution in [-0.2, 0) is 10.5 Å². The van der Waals surface area contributed by atoms with Crippen molar-refractivity contribution in [2.45, 2.75) is 43.6 Å². The van der Waals surface area contributed by atoms with Gasteiger partial charge in [0, 0.05) is 12.5 Å². The summed E-state index contributed by atoms with van der Waals surface area (Å²) in [4.78, 5) is 2.02. The normalized spacial score (nSPS) is 19.5. The highest BCUT2D eigenvalue weighted by molar-refractivity contribution is 7.81. The van der Waals surface area contributed by atoms with E-state index < -0.39 is 16.1 Å². The zero-order valence-electron chi connectivity index (χ0n) is 13.5. The Hall–Kier alpha value is -1.18. The molecule has 0 heterocycles. The van der Waals surface area contributed by atoms with Crippen LogP contribution in [0.3, 0.4) is 0 Å². The van der Waals surface area contributed by atoms with E-state index in [1.54, 1.807) is 12.1 Å². The van der Waals surface area contributed by atoms with Crippen LogP contribution in [0.4, 0.5) is 3.89 Å². The fourth-order valence-corrected chi connectivity index (χ4v) is 3.67. The molecule has 1 aromatic carbocycles. The van der Waals surface area contributed by atoms with Gasteiger partial charge in [-0.15, -0.1) is 0 Å². The summed E-state index contributed by atoms with van der Waals surface area (Å²) in [6.07, 6.45) is 4.65. The molecular weight excluding hydrogens is 321 g/mol. The molecule has 1 atom stereocenters. The molecule has 1 saturated carbocycles. The minimum Gasteiger partial charge on any atom is -0.389 e. The molecule has 0 bridgehead atoms. The Balaban J connectivity index is 2.25. The van der Waals surface area contributed by atoms with E-state index in [9.17, 15) is 17.4 Å². The van der Waals surface area contributed by atoms with E-state index >= 15 is 0 Å². The number of likely N-dealkylation sites (N-methyl/N-ethyl adjacent to an activating group) is 1. The summed E-state index contributed by atoms with van der Waals surface area (Å²) in [7, 11) is -1.12. The number of halogens is 1. The molecular formula is C16H24FNO4S. The minimum absolute atomic E-state index is 0.0736. The molecule has 23 heavy (non-hydrogen) atoms. The van der Waals surface area contributed by atoms with Gasteiger partial charge in [-0.1, -0.05) is 35.3 Å². The standard InChI is InChI=1S/C16H24FNO4S/c1-18(2)12-15(16(19)10-4-3-5-11-16)13-6-8-14(9-7-13)22-23(17,20)21/h6-9,15,19H,3-5,10-12H2,1-2H3. The second-order valence-electron chi connectivity index (χ2n) is 6.52. The Bertz CT molecular complexity index is 609. The third-order valence-electron chi connectivity index (χ3n) is 4.39. The maximum absolute atomic E-state index is 12.6. The van der Waals surface area contributed by atoms with Crippen LogP contribution >= 0.6 is 0 Å². The molecule has 0 aromatic heterocycles. The Labute approximate surface area is 137 Å². The number of aliphatic hydroxyl groups is 1. The van der Waals surface area contributed by atoms with E-state index in [1.165, 1.54) is 12.1 Å². The zero-order valence-corrected chi connectivity index (χ0v) is 14.4. The lowest BCUT2D eigenvalue weighted by atomic mass is 9.72. The summed E-state index contributed by atoms with van der Waals surface area (Å²) in [6, 6.07) is 6.23. The maximum atomic E-state index is 12.6. The molecule has 0 amide bonds. The SMILES string of the molecule is CN(C)CC(c1ccc(OS(=O)(=O)F)cc1)C1(O)CCCCC1. The van der Waals surface area contributed by atoms with Crippen molar-refractivity contribution in [3.05, 3.63) is 29.8 Å². The first-order chi connectivity index (χ1) is 10.7. The summed E-state index contributed by atoms with van der Waals surface area (Å²) in [5.74, 6) is -0.163. The predicted octanol–water partition coefficient (Wildman–Crippen LogP) is 2.62. The van der Waals surface area contributed by atoms with E-state index in [0.29, 0.717) is 6.54 Å². The quantitative estimate of drug-likeness (QED) is 0.803. The van der Waals surface area contributed by atoms with Crippen LogP contribution in [0.2, 0.25) is 0 Å². The third-order valence-corrected chi connectivity index (χ3v) is 4.79. The molecule has 0 spiro atoms. The molecule has 0 saturated heterocycles. The number of hydrogen-bond acceptors (Lipinski definition) is 5. The van der Waals surface area contributed by atoms with Gasteiger partial charge in [-0.3, -0.25) is 0 Å². The van der Waals surface area contributed by atoms with E-state index in [1.807, 2.05) is 19.0 Å². The molecule has 1 N–H and O–H groups in total. The molecule has 130 valence electrons. The van der Waals surface area contributed by atoms with Gasteiger partial charge in [0.1, 0.15) is 5.75 Å². The van der Waals surface area contributed by atoms with Gasteiger partial charge in [0.25, 0.3) is 0 Å². The van der Waals surface area contributed by atoms with Gasteiger partial charge < -0.3 is 14.2 Å². The Morgan fingerprint density at radius 3 is 2.26 bits per heavy atom. The Morgan fingerprint density at radius 1 is 1.22 bits per heavy atom. The first kappa shape index (κ1) is 18.2. The molecule has 7 heteroatoms. The van der Waals surface area contributed by atoms with E-state index in [-0.39, 0.29) is 11.7 Å². The van der Waals surface area contributed by atoms with Crippen LogP contribution < -0.4 is 4.18 Å². The Kier molecular flexibility index (Phi) is 5.65. The van der Waals surface area contributed by atoms with Crippen molar-refractivity contribution in [1.29, 1.82) is 0 Å².